The van der Waals surface area contributed by atoms with Gasteiger partial charge in [-0.3, -0.25) is 14.6 Å². The first-order valence-corrected chi connectivity index (χ1v) is 10.5. The highest BCUT2D eigenvalue weighted by Crippen LogP contribution is 2.50. The van der Waals surface area contributed by atoms with Gasteiger partial charge in [0.1, 0.15) is 5.75 Å². The Balaban J connectivity index is 1.70. The number of thiophene rings is 1. The normalized spacial score (nSPS) is 22.8. The molecule has 0 spiro atoms. The van der Waals surface area contributed by atoms with Gasteiger partial charge in [-0.25, -0.2) is 4.79 Å². The van der Waals surface area contributed by atoms with Crippen LogP contribution < -0.4 is 9.64 Å². The number of amides is 3. The third-order valence-corrected chi connectivity index (χ3v) is 6.47. The van der Waals surface area contributed by atoms with E-state index in [-0.39, 0.29) is 5.91 Å². The van der Waals surface area contributed by atoms with Crippen LogP contribution in [0.1, 0.15) is 34.6 Å². The number of para-hydroxylation sites is 1. The van der Waals surface area contributed by atoms with E-state index in [0.717, 1.165) is 5.56 Å². The number of nitrogens with zero attached hydrogens (tertiary/aromatic N) is 2. The molecule has 0 radical (unpaired) electrons. The molecule has 1 aromatic heterocycles. The molecule has 5 nitrogen and oxygen atoms in total. The van der Waals surface area contributed by atoms with Crippen molar-refractivity contribution in [3.8, 4) is 5.75 Å². The fraction of sp³-hybridized carbons (Fsp3) is 0.182. The van der Waals surface area contributed by atoms with Gasteiger partial charge in [0.15, 0.2) is 5.72 Å². The van der Waals surface area contributed by atoms with Crippen molar-refractivity contribution in [2.45, 2.75) is 25.1 Å². The summed E-state index contributed by atoms with van der Waals surface area (Å²) in [6.07, 6.45) is 0.443. The average molecular weight is 425 g/mol. The summed E-state index contributed by atoms with van der Waals surface area (Å²) in [5, 5.41) is 2.37. The number of ether oxygens (including phenoxy) is 1. The lowest BCUT2D eigenvalue weighted by Gasteiger charge is -2.53. The average Bonchev–Trinajstić information content (AvgIpc) is 3.24. The first-order valence-electron chi connectivity index (χ1n) is 9.23. The van der Waals surface area contributed by atoms with E-state index in [1.807, 2.05) is 42.6 Å². The Labute approximate surface area is 177 Å². The lowest BCUT2D eigenvalue weighted by Crippen LogP contribution is -2.67. The van der Waals surface area contributed by atoms with Crippen molar-refractivity contribution in [3.05, 3.63) is 81.5 Å². The number of anilines is 1. The molecular formula is C22H17ClN2O3S. The number of rotatable bonds is 2. The summed E-state index contributed by atoms with van der Waals surface area (Å²) in [6.45, 7) is 1.88. The van der Waals surface area contributed by atoms with Crippen LogP contribution in [0.2, 0.25) is 5.02 Å². The topological polar surface area (TPSA) is 49.9 Å². The Morgan fingerprint density at radius 3 is 2.69 bits per heavy atom. The number of imide groups is 1. The summed E-state index contributed by atoms with van der Waals surface area (Å²) in [6, 6.07) is 17.3. The van der Waals surface area contributed by atoms with E-state index in [9.17, 15) is 9.59 Å². The maximum atomic E-state index is 13.7. The second kappa shape index (κ2) is 6.61. The van der Waals surface area contributed by atoms with Crippen molar-refractivity contribution in [2.24, 2.45) is 0 Å². The molecule has 1 fully saturated rings. The number of carbonyl (C=O) groups is 2. The predicted octanol–water partition coefficient (Wildman–Crippen LogP) is 5.72. The Kier molecular flexibility index (Phi) is 4.15. The van der Waals surface area contributed by atoms with E-state index in [1.54, 1.807) is 35.2 Å². The van der Waals surface area contributed by atoms with E-state index < -0.39 is 17.8 Å². The van der Waals surface area contributed by atoms with Gasteiger partial charge in [-0.05, 0) is 48.7 Å². The van der Waals surface area contributed by atoms with Gasteiger partial charge in [-0.2, -0.15) is 0 Å². The fourth-order valence-corrected chi connectivity index (χ4v) is 4.98. The number of benzene rings is 2. The molecule has 29 heavy (non-hydrogen) atoms. The number of halogens is 1. The molecule has 3 heterocycles. The maximum absolute atomic E-state index is 13.7. The molecule has 2 aliphatic rings. The number of urea groups is 1. The van der Waals surface area contributed by atoms with Gasteiger partial charge < -0.3 is 4.74 Å². The Morgan fingerprint density at radius 1 is 1.17 bits per heavy atom. The second-order valence-corrected chi connectivity index (χ2v) is 8.67. The third-order valence-electron chi connectivity index (χ3n) is 5.38. The molecule has 3 aromatic rings. The lowest BCUT2D eigenvalue weighted by atomic mass is 9.88. The van der Waals surface area contributed by atoms with E-state index in [2.05, 4.69) is 0 Å². The zero-order valence-electron chi connectivity index (χ0n) is 15.5. The summed E-state index contributed by atoms with van der Waals surface area (Å²) >= 11 is 7.54. The number of hydrogen-bond acceptors (Lipinski definition) is 4. The minimum Gasteiger partial charge on any atom is -0.467 e. The molecule has 5 rings (SSSR count). The molecule has 2 atom stereocenters. The Hall–Kier alpha value is -2.83. The Morgan fingerprint density at radius 2 is 1.97 bits per heavy atom. The summed E-state index contributed by atoms with van der Waals surface area (Å²) in [5.74, 6) is 0.316. The minimum absolute atomic E-state index is 0.314. The van der Waals surface area contributed by atoms with Crippen LogP contribution in [0.4, 0.5) is 10.5 Å². The monoisotopic (exact) mass is 424 g/mol. The summed E-state index contributed by atoms with van der Waals surface area (Å²) < 4.78 is 6.31. The smallest absolute Gasteiger partial charge is 0.335 e. The minimum atomic E-state index is -0.920. The van der Waals surface area contributed by atoms with Crippen molar-refractivity contribution in [1.82, 2.24) is 4.90 Å². The first kappa shape index (κ1) is 18.2. The summed E-state index contributed by atoms with van der Waals surface area (Å²) in [5.41, 5.74) is 0.511. The highest BCUT2D eigenvalue weighted by atomic mass is 35.5. The molecule has 7 heteroatoms. The fourth-order valence-electron chi connectivity index (χ4n) is 4.14. The largest absolute Gasteiger partial charge is 0.467 e. The van der Waals surface area contributed by atoms with Crippen LogP contribution in [0.5, 0.6) is 5.75 Å². The highest BCUT2D eigenvalue weighted by Gasteiger charge is 2.55. The van der Waals surface area contributed by atoms with E-state index >= 15 is 0 Å². The molecule has 3 amide bonds. The van der Waals surface area contributed by atoms with Gasteiger partial charge in [0.05, 0.1) is 10.9 Å². The molecule has 1 saturated heterocycles. The molecule has 2 aromatic carbocycles. The van der Waals surface area contributed by atoms with Gasteiger partial charge in [0.2, 0.25) is 0 Å². The number of carbonyl (C=O) groups excluding carboxylic acids is 2. The maximum Gasteiger partial charge on any atom is 0.335 e. The van der Waals surface area contributed by atoms with Crippen molar-refractivity contribution in [2.75, 3.05) is 4.90 Å². The number of fused-ring (bicyclic) bond motifs is 4. The quantitative estimate of drug-likeness (QED) is 0.528. The van der Waals surface area contributed by atoms with Crippen LogP contribution in [0.3, 0.4) is 0 Å². The van der Waals surface area contributed by atoms with E-state index in [0.29, 0.717) is 27.8 Å². The van der Waals surface area contributed by atoms with Crippen molar-refractivity contribution in [3.63, 3.8) is 0 Å². The SMILES string of the molecule is C[C@@]12C[C@@H](c3cc(Cl)ccc3O1)N(C(=O)c1cccs1)C(=O)N2c1ccccc1. The molecule has 0 saturated carbocycles. The van der Waals surface area contributed by atoms with E-state index in [1.165, 1.54) is 16.2 Å². The van der Waals surface area contributed by atoms with E-state index in [4.69, 9.17) is 16.3 Å². The molecular weight excluding hydrogens is 408 g/mol. The zero-order valence-corrected chi connectivity index (χ0v) is 17.1. The van der Waals surface area contributed by atoms with Gasteiger partial charge in [-0.1, -0.05) is 35.9 Å². The molecule has 0 unspecified atom stereocenters. The molecule has 0 N–H and O–H groups in total. The van der Waals surface area contributed by atoms with Crippen LogP contribution in [-0.2, 0) is 0 Å². The van der Waals surface area contributed by atoms with Crippen LogP contribution in [0, 0.1) is 0 Å². The van der Waals surface area contributed by atoms with Crippen molar-refractivity contribution in [1.29, 1.82) is 0 Å². The van der Waals surface area contributed by atoms with Gasteiger partial charge >= 0.3 is 6.03 Å². The zero-order chi connectivity index (χ0) is 20.2. The first-order chi connectivity index (χ1) is 14.0. The van der Waals surface area contributed by atoms with Crippen LogP contribution >= 0.6 is 22.9 Å². The molecule has 146 valence electrons. The number of hydrogen-bond donors (Lipinski definition) is 0. The standard InChI is InChI=1S/C22H17ClN2O3S/c1-22-13-17(16-12-14(23)9-10-18(16)28-22)24(20(26)19-8-5-11-29-19)21(27)25(22)15-6-3-2-4-7-15/h2-12,17H,13H2,1H3/t17-,22-/m0/s1. The van der Waals surface area contributed by atoms with Crippen molar-refractivity contribution >= 4 is 40.6 Å². The highest BCUT2D eigenvalue weighted by molar-refractivity contribution is 7.12. The predicted molar refractivity (Wildman–Crippen MR) is 113 cm³/mol. The third kappa shape index (κ3) is 2.82. The summed E-state index contributed by atoms with van der Waals surface area (Å²) in [4.78, 5) is 30.5. The summed E-state index contributed by atoms with van der Waals surface area (Å²) in [7, 11) is 0. The van der Waals surface area contributed by atoms with Gasteiger partial charge in [0.25, 0.3) is 5.91 Å². The van der Waals surface area contributed by atoms with Gasteiger partial charge in [0, 0.05) is 22.7 Å². The van der Waals surface area contributed by atoms with Crippen molar-refractivity contribution < 1.29 is 14.3 Å². The molecule has 0 aliphatic carbocycles. The molecule has 2 aliphatic heterocycles. The molecule has 2 bridgehead atoms. The van der Waals surface area contributed by atoms with Crippen LogP contribution in [0.15, 0.2) is 66.0 Å². The lowest BCUT2D eigenvalue weighted by molar-refractivity contribution is 0.00284. The second-order valence-electron chi connectivity index (χ2n) is 7.29. The van der Waals surface area contributed by atoms with Crippen LogP contribution in [-0.4, -0.2) is 22.6 Å². The Bertz CT molecular complexity index is 1100. The van der Waals surface area contributed by atoms with Crippen LogP contribution in [0.25, 0.3) is 0 Å². The van der Waals surface area contributed by atoms with Gasteiger partial charge in [-0.15, -0.1) is 11.3 Å².